The number of ether oxygens (including phenoxy) is 2. The number of carbonyl (C=O) groups is 1. The van der Waals surface area contributed by atoms with E-state index in [9.17, 15) is 4.79 Å². The lowest BCUT2D eigenvalue weighted by Crippen LogP contribution is -2.46. The number of aromatic nitrogens is 2. The average molecular weight is 420 g/mol. The summed E-state index contributed by atoms with van der Waals surface area (Å²) in [7, 11) is 3.17. The zero-order chi connectivity index (χ0) is 21.0. The summed E-state index contributed by atoms with van der Waals surface area (Å²) >= 11 is 1.26. The molecule has 158 valence electrons. The summed E-state index contributed by atoms with van der Waals surface area (Å²) in [5.41, 5.74) is 0.697. The van der Waals surface area contributed by atoms with Gasteiger partial charge in [-0.25, -0.2) is 0 Å². The predicted octanol–water partition coefficient (Wildman–Crippen LogP) is 4.18. The van der Waals surface area contributed by atoms with Gasteiger partial charge < -0.3 is 19.2 Å². The molecule has 0 spiro atoms. The monoisotopic (exact) mass is 419 g/mol. The van der Waals surface area contributed by atoms with Crippen LogP contribution in [0.4, 0.5) is 0 Å². The van der Waals surface area contributed by atoms with Gasteiger partial charge in [-0.2, -0.15) is 0 Å². The van der Waals surface area contributed by atoms with E-state index < -0.39 is 0 Å². The number of hydrogen-bond donors (Lipinski definition) is 1. The Morgan fingerprint density at radius 2 is 1.86 bits per heavy atom. The molecule has 1 aliphatic rings. The van der Waals surface area contributed by atoms with E-state index in [1.54, 1.807) is 32.4 Å². The van der Waals surface area contributed by atoms with Crippen LogP contribution < -0.4 is 14.8 Å². The Bertz CT molecular complexity index is 819. The summed E-state index contributed by atoms with van der Waals surface area (Å²) in [6.07, 6.45) is 3.43. The Kier molecular flexibility index (Phi) is 7.05. The molecule has 0 bridgehead atoms. The van der Waals surface area contributed by atoms with Crippen LogP contribution in [0.2, 0.25) is 0 Å². The number of benzene rings is 1. The highest BCUT2D eigenvalue weighted by Crippen LogP contribution is 2.32. The Morgan fingerprint density at radius 1 is 1.17 bits per heavy atom. The van der Waals surface area contributed by atoms with E-state index >= 15 is 0 Å². The molecule has 1 aromatic carbocycles. The van der Waals surface area contributed by atoms with Crippen molar-refractivity contribution >= 4 is 17.7 Å². The van der Waals surface area contributed by atoms with Crippen molar-refractivity contribution in [2.24, 2.45) is 11.8 Å². The second kappa shape index (κ2) is 9.52. The van der Waals surface area contributed by atoms with E-state index in [2.05, 4.69) is 29.4 Å². The van der Waals surface area contributed by atoms with Crippen molar-refractivity contribution in [2.75, 3.05) is 14.2 Å². The van der Waals surface area contributed by atoms with Crippen LogP contribution in [-0.4, -0.2) is 41.6 Å². The predicted molar refractivity (Wildman–Crippen MR) is 112 cm³/mol. The van der Waals surface area contributed by atoms with Crippen molar-refractivity contribution in [3.05, 3.63) is 18.2 Å². The smallest absolute Gasteiger partial charge is 0.277 e. The molecule has 0 saturated heterocycles. The fourth-order valence-corrected chi connectivity index (χ4v) is 4.29. The Morgan fingerprint density at radius 3 is 2.52 bits per heavy atom. The van der Waals surface area contributed by atoms with Gasteiger partial charge >= 0.3 is 0 Å². The highest BCUT2D eigenvalue weighted by atomic mass is 32.2. The van der Waals surface area contributed by atoms with Gasteiger partial charge in [0.2, 0.25) is 11.8 Å². The summed E-state index contributed by atoms with van der Waals surface area (Å²) in [4.78, 5) is 12.7. The van der Waals surface area contributed by atoms with Crippen LogP contribution in [0.1, 0.15) is 40.0 Å². The second-order valence-electron chi connectivity index (χ2n) is 7.62. The molecular formula is C21H29N3O4S. The van der Waals surface area contributed by atoms with E-state index in [1.807, 2.05) is 6.92 Å². The molecule has 8 heteroatoms. The fraction of sp³-hybridized carbons (Fsp3) is 0.571. The van der Waals surface area contributed by atoms with Crippen LogP contribution in [-0.2, 0) is 4.79 Å². The molecule has 3 rings (SSSR count). The van der Waals surface area contributed by atoms with E-state index in [0.29, 0.717) is 40.0 Å². The molecule has 1 heterocycles. The van der Waals surface area contributed by atoms with Crippen molar-refractivity contribution in [2.45, 2.75) is 56.5 Å². The summed E-state index contributed by atoms with van der Waals surface area (Å²) in [5.74, 6) is 2.75. The van der Waals surface area contributed by atoms with Gasteiger partial charge in [-0.15, -0.1) is 10.2 Å². The average Bonchev–Trinajstić information content (AvgIpc) is 3.19. The van der Waals surface area contributed by atoms with Gasteiger partial charge in [0.05, 0.1) is 19.5 Å². The first-order valence-corrected chi connectivity index (χ1v) is 10.8. The number of carbonyl (C=O) groups excluding carboxylic acids is 1. The summed E-state index contributed by atoms with van der Waals surface area (Å²) < 4.78 is 16.3. The van der Waals surface area contributed by atoms with Gasteiger partial charge in [-0.05, 0) is 37.3 Å². The molecule has 0 radical (unpaired) electrons. The van der Waals surface area contributed by atoms with Crippen molar-refractivity contribution in [1.29, 1.82) is 0 Å². The minimum absolute atomic E-state index is 0.00347. The largest absolute Gasteiger partial charge is 0.497 e. The van der Waals surface area contributed by atoms with Gasteiger partial charge in [0, 0.05) is 17.7 Å². The van der Waals surface area contributed by atoms with Gasteiger partial charge in [-0.1, -0.05) is 38.5 Å². The fourth-order valence-electron chi connectivity index (χ4n) is 3.60. The van der Waals surface area contributed by atoms with Crippen molar-refractivity contribution < 1.29 is 18.7 Å². The minimum Gasteiger partial charge on any atom is -0.497 e. The van der Waals surface area contributed by atoms with Crippen molar-refractivity contribution in [3.8, 4) is 23.0 Å². The van der Waals surface area contributed by atoms with Crippen LogP contribution in [0.15, 0.2) is 27.8 Å². The molecule has 7 nitrogen and oxygen atoms in total. The van der Waals surface area contributed by atoms with Crippen LogP contribution in [0.3, 0.4) is 0 Å². The van der Waals surface area contributed by atoms with E-state index in [4.69, 9.17) is 13.9 Å². The molecule has 1 saturated carbocycles. The molecule has 0 unspecified atom stereocenters. The van der Waals surface area contributed by atoms with Gasteiger partial charge in [-0.3, -0.25) is 4.79 Å². The van der Waals surface area contributed by atoms with E-state index in [-0.39, 0.29) is 17.2 Å². The SMILES string of the molecule is COc1cc(OC)cc(-c2nnc(S[C@H](C)C(=O)N[C@H]3CCC[C@H](C)[C@H]3C)o2)c1. The number of nitrogens with zero attached hydrogens (tertiary/aromatic N) is 2. The summed E-state index contributed by atoms with van der Waals surface area (Å²) in [6, 6.07) is 5.60. The third kappa shape index (κ3) is 5.23. The van der Waals surface area contributed by atoms with Gasteiger partial charge in [0.15, 0.2) is 0 Å². The molecule has 1 amide bonds. The van der Waals surface area contributed by atoms with E-state index in [0.717, 1.165) is 12.8 Å². The molecule has 2 aromatic rings. The lowest BCUT2D eigenvalue weighted by atomic mass is 9.78. The highest BCUT2D eigenvalue weighted by Gasteiger charge is 2.30. The maximum absolute atomic E-state index is 12.7. The number of methoxy groups -OCH3 is 2. The van der Waals surface area contributed by atoms with E-state index in [1.165, 1.54) is 18.2 Å². The molecule has 1 N–H and O–H groups in total. The Hall–Kier alpha value is -2.22. The van der Waals surface area contributed by atoms with Crippen LogP contribution in [0.25, 0.3) is 11.5 Å². The molecular weight excluding hydrogens is 390 g/mol. The standard InChI is InChI=1S/C21H29N3O4S/c1-12-7-6-8-18(13(12)2)22-19(25)14(3)29-21-24-23-20(28-21)15-9-16(26-4)11-17(10-15)27-5/h9-14,18H,6-8H2,1-5H3,(H,22,25)/t12-,13+,14+,18-/m0/s1. The number of rotatable bonds is 7. The van der Waals surface area contributed by atoms with Crippen LogP contribution >= 0.6 is 11.8 Å². The van der Waals surface area contributed by atoms with Gasteiger partial charge in [0.1, 0.15) is 11.5 Å². The first kappa shape index (κ1) is 21.5. The number of nitrogens with one attached hydrogen (secondary N) is 1. The normalized spacial score (nSPS) is 22.7. The van der Waals surface area contributed by atoms with Gasteiger partial charge in [0.25, 0.3) is 5.22 Å². The lowest BCUT2D eigenvalue weighted by molar-refractivity contribution is -0.121. The molecule has 29 heavy (non-hydrogen) atoms. The van der Waals surface area contributed by atoms with Crippen LogP contribution in [0, 0.1) is 11.8 Å². The maximum Gasteiger partial charge on any atom is 0.277 e. The first-order valence-electron chi connectivity index (χ1n) is 9.95. The molecule has 1 fully saturated rings. The van der Waals surface area contributed by atoms with Crippen molar-refractivity contribution in [3.63, 3.8) is 0 Å². The number of amides is 1. The molecule has 1 aliphatic carbocycles. The first-order chi connectivity index (χ1) is 13.9. The third-order valence-corrected chi connectivity index (χ3v) is 6.62. The highest BCUT2D eigenvalue weighted by molar-refractivity contribution is 8.00. The third-order valence-electron chi connectivity index (χ3n) is 5.69. The van der Waals surface area contributed by atoms with Crippen LogP contribution in [0.5, 0.6) is 11.5 Å². The summed E-state index contributed by atoms with van der Waals surface area (Å²) in [6.45, 7) is 6.34. The Balaban J connectivity index is 1.64. The maximum atomic E-state index is 12.7. The lowest BCUT2D eigenvalue weighted by Gasteiger charge is -2.35. The zero-order valence-electron chi connectivity index (χ0n) is 17.6. The Labute approximate surface area is 175 Å². The number of hydrogen-bond acceptors (Lipinski definition) is 7. The summed E-state index contributed by atoms with van der Waals surface area (Å²) in [5, 5.41) is 11.4. The topological polar surface area (TPSA) is 86.5 Å². The van der Waals surface area contributed by atoms with Crippen molar-refractivity contribution in [1.82, 2.24) is 15.5 Å². The molecule has 4 atom stereocenters. The zero-order valence-corrected chi connectivity index (χ0v) is 18.4. The number of thioether (sulfide) groups is 1. The quantitative estimate of drug-likeness (QED) is 0.674. The molecule has 0 aliphatic heterocycles. The minimum atomic E-state index is -0.326. The molecule has 1 aromatic heterocycles. The second-order valence-corrected chi connectivity index (χ2v) is 8.91.